The van der Waals surface area contributed by atoms with E-state index in [2.05, 4.69) is 17.6 Å². The van der Waals surface area contributed by atoms with Gasteiger partial charge in [-0.25, -0.2) is 0 Å². The van der Waals surface area contributed by atoms with Crippen LogP contribution in [0.2, 0.25) is 0 Å². The number of hydrogen-bond donors (Lipinski definition) is 1. The molecule has 1 heterocycles. The molecule has 0 aromatic carbocycles. The predicted octanol–water partition coefficient (Wildman–Crippen LogP) is 3.26. The third-order valence-corrected chi connectivity index (χ3v) is 2.53. The van der Waals surface area contributed by atoms with Gasteiger partial charge in [-0.3, -0.25) is 0 Å². The molecule has 0 amide bonds. The summed E-state index contributed by atoms with van der Waals surface area (Å²) in [6.45, 7) is 10.4. The number of likely N-dealkylation sites (tertiary alicyclic amines) is 1. The quantitative estimate of drug-likeness (QED) is 0.715. The molecule has 94 valence electrons. The molecule has 1 fully saturated rings. The topological polar surface area (TPSA) is 29.3 Å². The van der Waals surface area contributed by atoms with E-state index >= 15 is 0 Å². The van der Waals surface area contributed by atoms with E-state index in [9.17, 15) is 0 Å². The SMILES string of the molecule is CC.CCCCCCN1CCCC1.CN. The molecule has 0 aromatic rings. The molecule has 0 saturated carbocycles. The normalized spacial score (nSPS) is 15.0. The van der Waals surface area contributed by atoms with Gasteiger partial charge in [-0.15, -0.1) is 0 Å². The van der Waals surface area contributed by atoms with Crippen molar-refractivity contribution in [3.63, 3.8) is 0 Å². The Labute approximate surface area is 97.2 Å². The maximum atomic E-state index is 4.50. The Hall–Kier alpha value is -0.0800. The maximum Gasteiger partial charge on any atom is -0.00183 e. The summed E-state index contributed by atoms with van der Waals surface area (Å²) in [5, 5.41) is 0. The van der Waals surface area contributed by atoms with E-state index in [-0.39, 0.29) is 0 Å². The van der Waals surface area contributed by atoms with E-state index in [0.717, 1.165) is 0 Å². The van der Waals surface area contributed by atoms with E-state index < -0.39 is 0 Å². The summed E-state index contributed by atoms with van der Waals surface area (Å²) in [6.07, 6.45) is 8.52. The number of nitrogens with two attached hydrogens (primary N) is 1. The standard InChI is InChI=1S/C10H21N.C2H6.CH5N/c1-2-3-4-5-8-11-9-6-7-10-11;2*1-2/h2-10H2,1H3;1-2H3;2H2,1H3. The molecule has 1 aliphatic heterocycles. The largest absolute Gasteiger partial charge is 0.333 e. The number of unbranched alkanes of at least 4 members (excludes halogenated alkanes) is 3. The predicted molar refractivity (Wildman–Crippen MR) is 71.3 cm³/mol. The molecule has 2 heteroatoms. The number of hydrogen-bond acceptors (Lipinski definition) is 2. The zero-order valence-corrected chi connectivity index (χ0v) is 11.4. The second-order valence-electron chi connectivity index (χ2n) is 3.61. The van der Waals surface area contributed by atoms with Crippen molar-refractivity contribution in [1.29, 1.82) is 0 Å². The Morgan fingerprint density at radius 2 is 1.47 bits per heavy atom. The lowest BCUT2D eigenvalue weighted by atomic mass is 10.2. The maximum absolute atomic E-state index is 4.50. The van der Waals surface area contributed by atoms with Gasteiger partial charge in [0.25, 0.3) is 0 Å². The molecule has 0 spiro atoms. The van der Waals surface area contributed by atoms with Gasteiger partial charge in [0, 0.05) is 0 Å². The fourth-order valence-corrected chi connectivity index (χ4v) is 1.77. The van der Waals surface area contributed by atoms with Gasteiger partial charge in [-0.2, -0.15) is 0 Å². The molecule has 0 bridgehead atoms. The lowest BCUT2D eigenvalue weighted by Crippen LogP contribution is -2.20. The van der Waals surface area contributed by atoms with Crippen molar-refractivity contribution in [2.75, 3.05) is 26.7 Å². The third-order valence-electron chi connectivity index (χ3n) is 2.53. The first-order chi connectivity index (χ1) is 7.43. The van der Waals surface area contributed by atoms with E-state index in [0.29, 0.717) is 0 Å². The molecular weight excluding hydrogens is 184 g/mol. The van der Waals surface area contributed by atoms with Crippen LogP contribution in [0.15, 0.2) is 0 Å². The molecule has 0 atom stereocenters. The first-order valence-electron chi connectivity index (χ1n) is 6.73. The van der Waals surface area contributed by atoms with Crippen molar-refractivity contribution in [3.8, 4) is 0 Å². The molecule has 0 unspecified atom stereocenters. The van der Waals surface area contributed by atoms with Crippen LogP contribution in [0.1, 0.15) is 59.3 Å². The van der Waals surface area contributed by atoms with E-state index in [1.807, 2.05) is 13.8 Å². The first-order valence-corrected chi connectivity index (χ1v) is 6.73. The Kier molecular flexibility index (Phi) is 18.9. The average Bonchev–Trinajstić information content (AvgIpc) is 2.83. The van der Waals surface area contributed by atoms with Crippen molar-refractivity contribution in [1.82, 2.24) is 4.90 Å². The fraction of sp³-hybridized carbons (Fsp3) is 1.00. The van der Waals surface area contributed by atoms with Crippen LogP contribution < -0.4 is 5.73 Å². The Bertz CT molecular complexity index is 88.5. The van der Waals surface area contributed by atoms with Crippen molar-refractivity contribution in [2.45, 2.75) is 59.3 Å². The highest BCUT2D eigenvalue weighted by Crippen LogP contribution is 2.09. The average molecular weight is 216 g/mol. The van der Waals surface area contributed by atoms with Crippen molar-refractivity contribution < 1.29 is 0 Å². The molecule has 1 aliphatic rings. The number of rotatable bonds is 5. The van der Waals surface area contributed by atoms with Crippen LogP contribution in [0.3, 0.4) is 0 Å². The van der Waals surface area contributed by atoms with Gasteiger partial charge >= 0.3 is 0 Å². The van der Waals surface area contributed by atoms with Gasteiger partial charge in [0.1, 0.15) is 0 Å². The van der Waals surface area contributed by atoms with E-state index in [1.54, 1.807) is 0 Å². The summed E-state index contributed by atoms with van der Waals surface area (Å²) in [7, 11) is 1.50. The van der Waals surface area contributed by atoms with Crippen LogP contribution in [0.5, 0.6) is 0 Å². The third kappa shape index (κ3) is 11.8. The molecule has 0 radical (unpaired) electrons. The van der Waals surface area contributed by atoms with Crippen LogP contribution >= 0.6 is 0 Å². The molecule has 1 rings (SSSR count). The molecule has 0 aliphatic carbocycles. The summed E-state index contributed by atoms with van der Waals surface area (Å²) in [5.41, 5.74) is 4.50. The van der Waals surface area contributed by atoms with Gasteiger partial charge in [-0.05, 0) is 45.9 Å². The summed E-state index contributed by atoms with van der Waals surface area (Å²) < 4.78 is 0. The first kappa shape index (κ1) is 17.3. The van der Waals surface area contributed by atoms with Gasteiger partial charge in [0.15, 0.2) is 0 Å². The second-order valence-corrected chi connectivity index (χ2v) is 3.61. The van der Waals surface area contributed by atoms with Gasteiger partial charge < -0.3 is 10.6 Å². The van der Waals surface area contributed by atoms with Crippen molar-refractivity contribution >= 4 is 0 Å². The molecular formula is C13H32N2. The van der Waals surface area contributed by atoms with Crippen LogP contribution in [-0.4, -0.2) is 31.6 Å². The monoisotopic (exact) mass is 216 g/mol. The summed E-state index contributed by atoms with van der Waals surface area (Å²) in [6, 6.07) is 0. The fourth-order valence-electron chi connectivity index (χ4n) is 1.77. The Morgan fingerprint density at radius 3 is 1.93 bits per heavy atom. The molecule has 1 saturated heterocycles. The highest BCUT2D eigenvalue weighted by Gasteiger charge is 2.09. The molecule has 2 nitrogen and oxygen atoms in total. The van der Waals surface area contributed by atoms with Gasteiger partial charge in [0.05, 0.1) is 0 Å². The van der Waals surface area contributed by atoms with Crippen LogP contribution in [0.4, 0.5) is 0 Å². The molecule has 0 aromatic heterocycles. The van der Waals surface area contributed by atoms with Gasteiger partial charge in [-0.1, -0.05) is 40.0 Å². The highest BCUT2D eigenvalue weighted by molar-refractivity contribution is 4.65. The Balaban J connectivity index is 0. The van der Waals surface area contributed by atoms with Crippen LogP contribution in [-0.2, 0) is 0 Å². The molecule has 15 heavy (non-hydrogen) atoms. The summed E-state index contributed by atoms with van der Waals surface area (Å²) in [4.78, 5) is 2.61. The lowest BCUT2D eigenvalue weighted by Gasteiger charge is -2.13. The summed E-state index contributed by atoms with van der Waals surface area (Å²) in [5.74, 6) is 0. The zero-order valence-electron chi connectivity index (χ0n) is 11.4. The minimum absolute atomic E-state index is 1.36. The van der Waals surface area contributed by atoms with Crippen molar-refractivity contribution in [2.24, 2.45) is 5.73 Å². The minimum Gasteiger partial charge on any atom is -0.333 e. The molecule has 2 N–H and O–H groups in total. The zero-order chi connectivity index (χ0) is 11.9. The van der Waals surface area contributed by atoms with E-state index in [1.165, 1.54) is 65.2 Å². The second kappa shape index (κ2) is 16.4. The van der Waals surface area contributed by atoms with Crippen molar-refractivity contribution in [3.05, 3.63) is 0 Å². The van der Waals surface area contributed by atoms with E-state index in [4.69, 9.17) is 0 Å². The van der Waals surface area contributed by atoms with Gasteiger partial charge in [0.2, 0.25) is 0 Å². The minimum atomic E-state index is 1.36. The number of nitrogens with zero attached hydrogens (tertiary/aromatic N) is 1. The van der Waals surface area contributed by atoms with Crippen LogP contribution in [0.25, 0.3) is 0 Å². The Morgan fingerprint density at radius 1 is 0.933 bits per heavy atom. The lowest BCUT2D eigenvalue weighted by molar-refractivity contribution is 0.328. The summed E-state index contributed by atoms with van der Waals surface area (Å²) >= 11 is 0. The smallest absolute Gasteiger partial charge is 0.00183 e. The highest BCUT2D eigenvalue weighted by atomic mass is 15.1. The van der Waals surface area contributed by atoms with Crippen LogP contribution in [0, 0.1) is 0 Å².